The highest BCUT2D eigenvalue weighted by atomic mass is 16.6. The number of aliphatic hydroxyl groups is 1. The van der Waals surface area contributed by atoms with E-state index in [-0.39, 0.29) is 24.8 Å². The maximum atomic E-state index is 12.8. The lowest BCUT2D eigenvalue weighted by atomic mass is 9.73. The molecule has 0 aliphatic carbocycles. The average Bonchev–Trinajstić information content (AvgIpc) is 2.72. The standard InChI is InChI=1S/C23H25N3O3/c1-16-10-18(14-25-21(16)13-24)23(28)11-19-8-5-9-20(12-23)26(19)22(27)29-15-17-6-3-2-4-7-17/h2-4,6-7,10,14,19-20,28H,5,8-9,11-12,15H2,1H3. The maximum absolute atomic E-state index is 12.8. The predicted octanol–water partition coefficient (Wildman–Crippen LogP) is 3.80. The highest BCUT2D eigenvalue weighted by molar-refractivity contribution is 5.69. The molecule has 0 saturated carbocycles. The quantitative estimate of drug-likeness (QED) is 0.860. The minimum Gasteiger partial charge on any atom is -0.445 e. The second-order valence-corrected chi connectivity index (χ2v) is 8.13. The fourth-order valence-electron chi connectivity index (χ4n) is 4.70. The number of nitriles is 1. The van der Waals surface area contributed by atoms with Crippen molar-refractivity contribution in [3.05, 3.63) is 65.0 Å². The molecule has 2 saturated heterocycles. The number of carbonyl (C=O) groups is 1. The average molecular weight is 391 g/mol. The molecule has 0 radical (unpaired) electrons. The van der Waals surface area contributed by atoms with E-state index in [1.54, 1.807) is 6.20 Å². The smallest absolute Gasteiger partial charge is 0.410 e. The van der Waals surface area contributed by atoms with Crippen LogP contribution in [0.2, 0.25) is 0 Å². The second kappa shape index (κ2) is 7.84. The van der Waals surface area contributed by atoms with Crippen molar-refractivity contribution in [3.63, 3.8) is 0 Å². The molecule has 29 heavy (non-hydrogen) atoms. The zero-order chi connectivity index (χ0) is 20.4. The summed E-state index contributed by atoms with van der Waals surface area (Å²) in [5.41, 5.74) is 1.77. The molecule has 3 heterocycles. The van der Waals surface area contributed by atoms with Gasteiger partial charge in [0.1, 0.15) is 18.4 Å². The van der Waals surface area contributed by atoms with Crippen molar-refractivity contribution in [1.82, 2.24) is 9.88 Å². The van der Waals surface area contributed by atoms with Crippen molar-refractivity contribution in [2.75, 3.05) is 0 Å². The van der Waals surface area contributed by atoms with Gasteiger partial charge in [-0.1, -0.05) is 30.3 Å². The molecular formula is C23H25N3O3. The molecule has 1 aromatic carbocycles. The van der Waals surface area contributed by atoms with E-state index in [4.69, 9.17) is 10.00 Å². The topological polar surface area (TPSA) is 86.4 Å². The van der Waals surface area contributed by atoms with Gasteiger partial charge in [-0.25, -0.2) is 9.78 Å². The van der Waals surface area contributed by atoms with E-state index >= 15 is 0 Å². The maximum Gasteiger partial charge on any atom is 0.410 e. The van der Waals surface area contributed by atoms with Gasteiger partial charge in [-0.15, -0.1) is 0 Å². The minimum absolute atomic E-state index is 0.0632. The molecule has 2 fully saturated rings. The molecule has 4 rings (SSSR count). The van der Waals surface area contributed by atoms with Gasteiger partial charge in [0.25, 0.3) is 0 Å². The molecule has 2 bridgehead atoms. The Morgan fingerprint density at radius 1 is 1.31 bits per heavy atom. The van der Waals surface area contributed by atoms with Gasteiger partial charge >= 0.3 is 6.09 Å². The predicted molar refractivity (Wildman–Crippen MR) is 107 cm³/mol. The fraction of sp³-hybridized carbons (Fsp3) is 0.435. The summed E-state index contributed by atoms with van der Waals surface area (Å²) in [6.45, 7) is 2.08. The number of carbonyl (C=O) groups excluding carboxylic acids is 1. The number of ether oxygens (including phenoxy) is 1. The lowest BCUT2D eigenvalue weighted by Gasteiger charge is -2.51. The number of aromatic nitrogens is 1. The summed E-state index contributed by atoms with van der Waals surface area (Å²) in [5.74, 6) is 0. The summed E-state index contributed by atoms with van der Waals surface area (Å²) < 4.78 is 5.58. The van der Waals surface area contributed by atoms with Crippen LogP contribution in [0.4, 0.5) is 4.79 Å². The van der Waals surface area contributed by atoms with Gasteiger partial charge in [-0.05, 0) is 43.4 Å². The SMILES string of the molecule is Cc1cc(C2(O)CC3CCCC(C2)N3C(=O)OCc2ccccc2)cnc1C#N. The van der Waals surface area contributed by atoms with E-state index in [2.05, 4.69) is 11.1 Å². The molecule has 2 unspecified atom stereocenters. The monoisotopic (exact) mass is 391 g/mol. The number of rotatable bonds is 3. The molecule has 2 aromatic rings. The Balaban J connectivity index is 1.50. The molecule has 1 amide bonds. The Hall–Kier alpha value is -2.91. The molecule has 1 aromatic heterocycles. The molecular weight excluding hydrogens is 366 g/mol. The van der Waals surface area contributed by atoms with Crippen molar-refractivity contribution < 1.29 is 14.6 Å². The summed E-state index contributed by atoms with van der Waals surface area (Å²) in [6.07, 6.45) is 4.95. The Morgan fingerprint density at radius 2 is 2.00 bits per heavy atom. The van der Waals surface area contributed by atoms with E-state index in [0.29, 0.717) is 18.5 Å². The molecule has 6 heteroatoms. The number of hydrogen-bond donors (Lipinski definition) is 1. The zero-order valence-electron chi connectivity index (χ0n) is 16.5. The number of benzene rings is 1. The first-order valence-corrected chi connectivity index (χ1v) is 10.1. The van der Waals surface area contributed by atoms with Gasteiger partial charge in [0.2, 0.25) is 0 Å². The van der Waals surface area contributed by atoms with Crippen LogP contribution in [-0.4, -0.2) is 33.2 Å². The Bertz CT molecular complexity index is 924. The summed E-state index contributed by atoms with van der Waals surface area (Å²) >= 11 is 0. The van der Waals surface area contributed by atoms with Crippen LogP contribution in [0.15, 0.2) is 42.6 Å². The van der Waals surface area contributed by atoms with Crippen LogP contribution < -0.4 is 0 Å². The van der Waals surface area contributed by atoms with Gasteiger partial charge < -0.3 is 14.7 Å². The van der Waals surface area contributed by atoms with Crippen LogP contribution in [0.1, 0.15) is 54.5 Å². The first-order chi connectivity index (χ1) is 14.0. The number of nitrogens with zero attached hydrogens (tertiary/aromatic N) is 3. The molecule has 2 aliphatic heterocycles. The van der Waals surface area contributed by atoms with Crippen molar-refractivity contribution in [2.24, 2.45) is 0 Å². The molecule has 2 aliphatic rings. The van der Waals surface area contributed by atoms with Gasteiger partial charge in [-0.3, -0.25) is 0 Å². The summed E-state index contributed by atoms with van der Waals surface area (Å²) in [5, 5.41) is 20.6. The molecule has 1 N–H and O–H groups in total. The van der Waals surface area contributed by atoms with Crippen molar-refractivity contribution in [2.45, 2.75) is 63.3 Å². The zero-order valence-corrected chi connectivity index (χ0v) is 16.5. The van der Waals surface area contributed by atoms with E-state index in [9.17, 15) is 9.90 Å². The number of aryl methyl sites for hydroxylation is 1. The van der Waals surface area contributed by atoms with Crippen LogP contribution in [0, 0.1) is 18.3 Å². The minimum atomic E-state index is -1.04. The number of fused-ring (bicyclic) bond motifs is 2. The Labute approximate surface area is 170 Å². The van der Waals surface area contributed by atoms with Crippen LogP contribution in [-0.2, 0) is 16.9 Å². The van der Waals surface area contributed by atoms with E-state index in [0.717, 1.165) is 36.0 Å². The van der Waals surface area contributed by atoms with E-state index in [1.807, 2.05) is 48.2 Å². The van der Waals surface area contributed by atoms with Crippen molar-refractivity contribution in [3.8, 4) is 6.07 Å². The number of pyridine rings is 1. The third-order valence-electron chi connectivity index (χ3n) is 6.15. The summed E-state index contributed by atoms with van der Waals surface area (Å²) in [6, 6.07) is 13.4. The van der Waals surface area contributed by atoms with Gasteiger partial charge in [0, 0.05) is 36.7 Å². The largest absolute Gasteiger partial charge is 0.445 e. The third-order valence-corrected chi connectivity index (χ3v) is 6.15. The molecule has 6 nitrogen and oxygen atoms in total. The Kier molecular flexibility index (Phi) is 5.25. The molecule has 2 atom stereocenters. The first-order valence-electron chi connectivity index (χ1n) is 10.1. The first kappa shape index (κ1) is 19.4. The van der Waals surface area contributed by atoms with E-state index in [1.165, 1.54) is 0 Å². The van der Waals surface area contributed by atoms with Gasteiger partial charge in [-0.2, -0.15) is 5.26 Å². The second-order valence-electron chi connectivity index (χ2n) is 8.13. The number of hydrogen-bond acceptors (Lipinski definition) is 5. The molecule has 0 spiro atoms. The van der Waals surface area contributed by atoms with Crippen LogP contribution in [0.3, 0.4) is 0 Å². The van der Waals surface area contributed by atoms with Crippen LogP contribution in [0.25, 0.3) is 0 Å². The van der Waals surface area contributed by atoms with Crippen molar-refractivity contribution >= 4 is 6.09 Å². The van der Waals surface area contributed by atoms with Crippen molar-refractivity contribution in [1.29, 1.82) is 5.26 Å². The highest BCUT2D eigenvalue weighted by Crippen LogP contribution is 2.44. The van der Waals surface area contributed by atoms with Crippen LogP contribution >= 0.6 is 0 Å². The lowest BCUT2D eigenvalue weighted by Crippen LogP contribution is -2.59. The van der Waals surface area contributed by atoms with Crippen LogP contribution in [0.5, 0.6) is 0 Å². The highest BCUT2D eigenvalue weighted by Gasteiger charge is 2.48. The number of piperidine rings is 2. The van der Waals surface area contributed by atoms with Gasteiger partial charge in [0.15, 0.2) is 0 Å². The molecule has 150 valence electrons. The lowest BCUT2D eigenvalue weighted by molar-refractivity contribution is -0.0898. The Morgan fingerprint density at radius 3 is 2.62 bits per heavy atom. The third kappa shape index (κ3) is 3.83. The fourth-order valence-corrected chi connectivity index (χ4v) is 4.70. The van der Waals surface area contributed by atoms with E-state index < -0.39 is 5.60 Å². The summed E-state index contributed by atoms with van der Waals surface area (Å²) in [7, 11) is 0. The van der Waals surface area contributed by atoms with Gasteiger partial charge in [0.05, 0.1) is 5.60 Å². The number of amides is 1. The normalized spacial score (nSPS) is 25.9. The summed E-state index contributed by atoms with van der Waals surface area (Å²) in [4.78, 5) is 18.9.